The number of fused-ring (bicyclic) bond motifs is 1. The Morgan fingerprint density at radius 1 is 1.13 bits per heavy atom. The molecule has 6 heteroatoms. The second-order valence-corrected chi connectivity index (χ2v) is 4.86. The van der Waals surface area contributed by atoms with Crippen molar-refractivity contribution in [2.24, 2.45) is 0 Å². The average molecular weight is 311 g/mol. The molecule has 1 aromatic heterocycles. The lowest BCUT2D eigenvalue weighted by Gasteiger charge is -2.09. The summed E-state index contributed by atoms with van der Waals surface area (Å²) < 4.78 is 10.8. The molecule has 6 nitrogen and oxygen atoms in total. The highest BCUT2D eigenvalue weighted by atomic mass is 16.5. The van der Waals surface area contributed by atoms with Gasteiger partial charge in [-0.3, -0.25) is 10.0 Å². The molecule has 2 N–H and O–H groups in total. The first-order valence-corrected chi connectivity index (χ1v) is 6.86. The number of hydrogen-bond donors (Lipinski definition) is 2. The van der Waals surface area contributed by atoms with E-state index >= 15 is 0 Å². The highest BCUT2D eigenvalue weighted by Gasteiger charge is 2.08. The molecular weight excluding hydrogens is 298 g/mol. The predicted octanol–water partition coefficient (Wildman–Crippen LogP) is 2.49. The van der Waals surface area contributed by atoms with Crippen molar-refractivity contribution in [1.82, 2.24) is 5.48 Å². The normalized spacial score (nSPS) is 10.5. The lowest BCUT2D eigenvalue weighted by molar-refractivity contribution is 0.0706. The molecule has 3 rings (SSSR count). The van der Waals surface area contributed by atoms with Crippen LogP contribution in [0.15, 0.2) is 63.8 Å². The van der Waals surface area contributed by atoms with Gasteiger partial charge in [-0.05, 0) is 29.8 Å². The molecule has 116 valence electrons. The third-order valence-corrected chi connectivity index (χ3v) is 3.30. The molecule has 23 heavy (non-hydrogen) atoms. The maximum Gasteiger partial charge on any atom is 0.339 e. The summed E-state index contributed by atoms with van der Waals surface area (Å²) >= 11 is 0. The van der Waals surface area contributed by atoms with E-state index in [1.807, 2.05) is 6.07 Å². The zero-order valence-electron chi connectivity index (χ0n) is 12.0. The van der Waals surface area contributed by atoms with Gasteiger partial charge in [-0.15, -0.1) is 0 Å². The van der Waals surface area contributed by atoms with Crippen molar-refractivity contribution in [3.8, 4) is 5.75 Å². The fourth-order valence-corrected chi connectivity index (χ4v) is 2.23. The minimum Gasteiger partial charge on any atom is -0.488 e. The van der Waals surface area contributed by atoms with E-state index in [0.29, 0.717) is 22.3 Å². The minimum absolute atomic E-state index is 0.167. The number of para-hydroxylation sites is 1. The molecule has 0 aliphatic rings. The van der Waals surface area contributed by atoms with E-state index in [9.17, 15) is 9.59 Å². The van der Waals surface area contributed by atoms with Gasteiger partial charge in [0, 0.05) is 5.56 Å². The van der Waals surface area contributed by atoms with E-state index < -0.39 is 11.5 Å². The Hall–Kier alpha value is -3.12. The fraction of sp³-hybridized carbons (Fsp3) is 0.0588. The van der Waals surface area contributed by atoms with Gasteiger partial charge in [-0.2, -0.15) is 0 Å². The van der Waals surface area contributed by atoms with Crippen LogP contribution >= 0.6 is 0 Å². The summed E-state index contributed by atoms with van der Waals surface area (Å²) in [5, 5.41) is 9.35. The predicted molar refractivity (Wildman–Crippen MR) is 82.5 cm³/mol. The number of ether oxygens (including phenoxy) is 1. The molecule has 0 aliphatic carbocycles. The molecule has 0 saturated heterocycles. The van der Waals surface area contributed by atoms with Crippen LogP contribution in [0.1, 0.15) is 15.9 Å². The maximum absolute atomic E-state index is 11.6. The summed E-state index contributed by atoms with van der Waals surface area (Å²) in [4.78, 5) is 23.0. The van der Waals surface area contributed by atoms with Gasteiger partial charge in [-0.1, -0.05) is 24.3 Å². The van der Waals surface area contributed by atoms with Gasteiger partial charge in [0.15, 0.2) is 0 Å². The van der Waals surface area contributed by atoms with Crippen LogP contribution in [0.4, 0.5) is 0 Å². The zero-order chi connectivity index (χ0) is 16.2. The molecule has 0 unspecified atom stereocenters. The third-order valence-electron chi connectivity index (χ3n) is 3.30. The van der Waals surface area contributed by atoms with E-state index in [2.05, 4.69) is 0 Å². The Balaban J connectivity index is 1.87. The third kappa shape index (κ3) is 3.22. The van der Waals surface area contributed by atoms with Crippen LogP contribution in [-0.4, -0.2) is 11.1 Å². The number of carbonyl (C=O) groups excluding carboxylic acids is 1. The quantitative estimate of drug-likeness (QED) is 0.439. The topological polar surface area (TPSA) is 88.8 Å². The molecule has 3 aromatic rings. The molecule has 0 fully saturated rings. The van der Waals surface area contributed by atoms with Crippen molar-refractivity contribution in [1.29, 1.82) is 0 Å². The smallest absolute Gasteiger partial charge is 0.339 e. The summed E-state index contributed by atoms with van der Waals surface area (Å²) in [6.45, 7) is 0.167. The number of hydrogen-bond acceptors (Lipinski definition) is 5. The minimum atomic E-state index is -0.599. The Kier molecular flexibility index (Phi) is 4.07. The lowest BCUT2D eigenvalue weighted by atomic mass is 10.1. The molecule has 1 heterocycles. The van der Waals surface area contributed by atoms with Crippen molar-refractivity contribution < 1.29 is 19.2 Å². The molecule has 2 aromatic carbocycles. The number of nitrogens with one attached hydrogen (secondary N) is 1. The van der Waals surface area contributed by atoms with Crippen LogP contribution in [0.25, 0.3) is 11.0 Å². The van der Waals surface area contributed by atoms with Crippen LogP contribution in [-0.2, 0) is 6.61 Å². The lowest BCUT2D eigenvalue weighted by Crippen LogP contribution is -2.18. The number of rotatable bonds is 4. The molecule has 0 atom stereocenters. The van der Waals surface area contributed by atoms with Gasteiger partial charge in [0.25, 0.3) is 5.91 Å². The molecule has 0 radical (unpaired) electrons. The van der Waals surface area contributed by atoms with Crippen molar-refractivity contribution in [2.75, 3.05) is 0 Å². The molecule has 0 aliphatic heterocycles. The van der Waals surface area contributed by atoms with Crippen molar-refractivity contribution in [2.45, 2.75) is 6.61 Å². The molecule has 0 saturated carbocycles. The summed E-state index contributed by atoms with van der Waals surface area (Å²) in [5.74, 6) is -0.188. The number of benzene rings is 2. The van der Waals surface area contributed by atoms with Crippen LogP contribution in [0.3, 0.4) is 0 Å². The SMILES string of the molecule is O=C(NO)c1cccc(COc2cc(=O)oc3ccccc23)c1. The van der Waals surface area contributed by atoms with Gasteiger partial charge in [-0.25, -0.2) is 10.3 Å². The number of carbonyl (C=O) groups is 1. The second kappa shape index (κ2) is 6.33. The first kappa shape index (κ1) is 14.8. The van der Waals surface area contributed by atoms with Gasteiger partial charge >= 0.3 is 5.63 Å². The maximum atomic E-state index is 11.6. The first-order chi connectivity index (χ1) is 11.2. The van der Waals surface area contributed by atoms with Crippen molar-refractivity contribution in [3.63, 3.8) is 0 Å². The Labute approximate surface area is 130 Å². The van der Waals surface area contributed by atoms with E-state index in [1.165, 1.54) is 6.07 Å². The van der Waals surface area contributed by atoms with Crippen LogP contribution in [0, 0.1) is 0 Å². The van der Waals surface area contributed by atoms with Crippen LogP contribution in [0.2, 0.25) is 0 Å². The highest BCUT2D eigenvalue weighted by molar-refractivity contribution is 5.93. The fourth-order valence-electron chi connectivity index (χ4n) is 2.23. The summed E-state index contributed by atoms with van der Waals surface area (Å²) in [5.41, 5.74) is 2.57. The van der Waals surface area contributed by atoms with E-state index in [-0.39, 0.29) is 6.61 Å². The zero-order valence-corrected chi connectivity index (χ0v) is 12.0. The van der Waals surface area contributed by atoms with Gasteiger partial charge in [0.2, 0.25) is 0 Å². The van der Waals surface area contributed by atoms with Crippen LogP contribution in [0.5, 0.6) is 5.75 Å². The van der Waals surface area contributed by atoms with Crippen molar-refractivity contribution >= 4 is 16.9 Å². The van der Waals surface area contributed by atoms with E-state index in [0.717, 1.165) is 5.56 Å². The Bertz CT molecular complexity index is 916. The molecule has 0 spiro atoms. The van der Waals surface area contributed by atoms with Gasteiger partial charge in [0.1, 0.15) is 17.9 Å². The standard InChI is InChI=1S/C17H13NO5/c19-16-9-15(13-6-1-2-7-14(13)23-16)22-10-11-4-3-5-12(8-11)17(20)18-21/h1-9,21H,10H2,(H,18,20). The summed E-state index contributed by atoms with van der Waals surface area (Å²) in [6.07, 6.45) is 0. The highest BCUT2D eigenvalue weighted by Crippen LogP contribution is 2.24. The molecule has 0 bridgehead atoms. The van der Waals surface area contributed by atoms with E-state index in [4.69, 9.17) is 14.4 Å². The Morgan fingerprint density at radius 3 is 2.78 bits per heavy atom. The first-order valence-electron chi connectivity index (χ1n) is 6.86. The van der Waals surface area contributed by atoms with Crippen molar-refractivity contribution in [3.05, 3.63) is 76.1 Å². The number of hydroxylamine groups is 1. The number of amides is 1. The molecular formula is C17H13NO5. The van der Waals surface area contributed by atoms with Crippen LogP contribution < -0.4 is 15.8 Å². The van der Waals surface area contributed by atoms with Gasteiger partial charge in [0.05, 0.1) is 11.5 Å². The second-order valence-electron chi connectivity index (χ2n) is 4.86. The molecule has 1 amide bonds. The monoisotopic (exact) mass is 311 g/mol. The van der Waals surface area contributed by atoms with Gasteiger partial charge < -0.3 is 9.15 Å². The summed E-state index contributed by atoms with van der Waals surface area (Å²) in [7, 11) is 0. The summed E-state index contributed by atoms with van der Waals surface area (Å²) in [6, 6.07) is 15.0. The van der Waals surface area contributed by atoms with E-state index in [1.54, 1.807) is 47.9 Å². The Morgan fingerprint density at radius 2 is 1.96 bits per heavy atom. The largest absolute Gasteiger partial charge is 0.488 e. The average Bonchev–Trinajstić information content (AvgIpc) is 2.59.